The Morgan fingerprint density at radius 2 is 1.10 bits per heavy atom. The first-order valence-corrected chi connectivity index (χ1v) is 7.58. The molecule has 0 aliphatic rings. The lowest BCUT2D eigenvalue weighted by atomic mass is 10.2. The van der Waals surface area contributed by atoms with E-state index in [4.69, 9.17) is 21.7 Å². The highest BCUT2D eigenvalue weighted by Gasteiger charge is 2.60. The minimum Gasteiger partial charge on any atom is -0.376 e. The Labute approximate surface area is 120 Å². The SMILES string of the molecule is C#CC(C)(C)O[SiH](OC(C)(C)C#C)C(F)(F)C(C)(C)F. The van der Waals surface area contributed by atoms with Gasteiger partial charge in [-0.15, -0.1) is 12.8 Å². The van der Waals surface area contributed by atoms with Crippen LogP contribution in [0, 0.1) is 24.7 Å². The van der Waals surface area contributed by atoms with Crippen molar-refractivity contribution in [3.63, 3.8) is 0 Å². The summed E-state index contributed by atoms with van der Waals surface area (Å²) >= 11 is 0. The van der Waals surface area contributed by atoms with Gasteiger partial charge in [0.1, 0.15) is 11.2 Å². The first-order chi connectivity index (χ1) is 8.68. The monoisotopic (exact) mass is 306 g/mol. The average Bonchev–Trinajstić information content (AvgIpc) is 2.26. The van der Waals surface area contributed by atoms with E-state index < -0.39 is 31.7 Å². The summed E-state index contributed by atoms with van der Waals surface area (Å²) in [6, 6.07) is 0. The van der Waals surface area contributed by atoms with Crippen LogP contribution in [-0.4, -0.2) is 31.7 Å². The van der Waals surface area contributed by atoms with E-state index in [9.17, 15) is 13.2 Å². The predicted octanol–water partition coefficient (Wildman–Crippen LogP) is 2.99. The van der Waals surface area contributed by atoms with Crippen molar-refractivity contribution in [1.82, 2.24) is 0 Å². The zero-order valence-corrected chi connectivity index (χ0v) is 13.8. The summed E-state index contributed by atoms with van der Waals surface area (Å²) in [5.41, 5.74) is -9.19. The number of rotatable bonds is 6. The second-order valence-corrected chi connectivity index (χ2v) is 7.83. The number of alkyl halides is 3. The van der Waals surface area contributed by atoms with E-state index in [-0.39, 0.29) is 0 Å². The molecular weight excluding hydrogens is 285 g/mol. The van der Waals surface area contributed by atoms with Crippen LogP contribution in [-0.2, 0) is 8.85 Å². The highest BCUT2D eigenvalue weighted by atomic mass is 28.3. The average molecular weight is 306 g/mol. The maximum absolute atomic E-state index is 14.2. The van der Waals surface area contributed by atoms with Gasteiger partial charge in [-0.1, -0.05) is 11.8 Å². The molecule has 114 valence electrons. The summed E-state index contributed by atoms with van der Waals surface area (Å²) in [6.07, 6.45) is 10.4. The standard InChI is InChI=1S/C14H21F3O2Si/c1-9-11(3,4)18-20(19-12(5,6)10-2)14(16,17)13(7,8)15/h1-2,20H,3-8H3. The van der Waals surface area contributed by atoms with Gasteiger partial charge in [0.2, 0.25) is 0 Å². The van der Waals surface area contributed by atoms with E-state index >= 15 is 0 Å². The van der Waals surface area contributed by atoms with Crippen LogP contribution in [0.5, 0.6) is 0 Å². The van der Waals surface area contributed by atoms with Crippen molar-refractivity contribution < 1.29 is 22.0 Å². The molecule has 0 N–H and O–H groups in total. The summed E-state index contributed by atoms with van der Waals surface area (Å²) < 4.78 is 52.7. The molecule has 0 spiro atoms. The van der Waals surface area contributed by atoms with E-state index in [2.05, 4.69) is 11.8 Å². The quantitative estimate of drug-likeness (QED) is 0.555. The fourth-order valence-electron chi connectivity index (χ4n) is 1.06. The summed E-state index contributed by atoms with van der Waals surface area (Å²) in [5.74, 6) is 4.45. The molecule has 0 atom stereocenters. The van der Waals surface area contributed by atoms with Crippen LogP contribution in [0.15, 0.2) is 0 Å². The van der Waals surface area contributed by atoms with Crippen molar-refractivity contribution in [3.05, 3.63) is 0 Å². The molecule has 0 unspecified atom stereocenters. The molecule has 0 radical (unpaired) electrons. The van der Waals surface area contributed by atoms with Crippen LogP contribution in [0.2, 0.25) is 0 Å². The van der Waals surface area contributed by atoms with E-state index in [1.54, 1.807) is 0 Å². The van der Waals surface area contributed by atoms with Crippen molar-refractivity contribution in [1.29, 1.82) is 0 Å². The minimum absolute atomic E-state index is 0.769. The van der Waals surface area contributed by atoms with Gasteiger partial charge in [-0.05, 0) is 41.5 Å². The van der Waals surface area contributed by atoms with Gasteiger partial charge in [0.15, 0.2) is 5.67 Å². The Morgan fingerprint density at radius 3 is 1.30 bits per heavy atom. The third-order valence-corrected chi connectivity index (χ3v) is 5.47. The van der Waals surface area contributed by atoms with Crippen molar-refractivity contribution in [2.75, 3.05) is 0 Å². The van der Waals surface area contributed by atoms with Crippen molar-refractivity contribution in [3.8, 4) is 24.7 Å². The summed E-state index contributed by atoms with van der Waals surface area (Å²) in [4.78, 5) is 0. The molecule has 0 heterocycles. The fraction of sp³-hybridized carbons (Fsp3) is 0.714. The van der Waals surface area contributed by atoms with Crippen LogP contribution in [0.4, 0.5) is 13.2 Å². The predicted molar refractivity (Wildman–Crippen MR) is 75.3 cm³/mol. The lowest BCUT2D eigenvalue weighted by molar-refractivity contribution is -0.100. The van der Waals surface area contributed by atoms with Gasteiger partial charge in [0.25, 0.3) is 0 Å². The van der Waals surface area contributed by atoms with Gasteiger partial charge in [0.05, 0.1) is 0 Å². The van der Waals surface area contributed by atoms with Crippen LogP contribution in [0.25, 0.3) is 0 Å². The van der Waals surface area contributed by atoms with Crippen molar-refractivity contribution in [2.24, 2.45) is 0 Å². The number of terminal acetylenes is 2. The Kier molecular flexibility index (Phi) is 5.53. The first-order valence-electron chi connectivity index (χ1n) is 6.06. The van der Waals surface area contributed by atoms with Crippen LogP contribution in [0.1, 0.15) is 41.5 Å². The van der Waals surface area contributed by atoms with Gasteiger partial charge in [-0.3, -0.25) is 0 Å². The second kappa shape index (κ2) is 5.81. The maximum Gasteiger partial charge on any atom is 0.404 e. The lowest BCUT2D eigenvalue weighted by Gasteiger charge is -2.38. The number of halogens is 3. The smallest absolute Gasteiger partial charge is 0.376 e. The lowest BCUT2D eigenvalue weighted by Crippen LogP contribution is -2.59. The fourth-order valence-corrected chi connectivity index (χ4v) is 3.17. The Bertz CT molecular complexity index is 397. The molecule has 0 amide bonds. The molecule has 6 heteroatoms. The van der Waals surface area contributed by atoms with Gasteiger partial charge in [0, 0.05) is 0 Å². The molecule has 0 aromatic rings. The molecule has 0 rings (SSSR count). The van der Waals surface area contributed by atoms with Gasteiger partial charge >= 0.3 is 14.8 Å². The topological polar surface area (TPSA) is 18.5 Å². The number of hydrogen-bond acceptors (Lipinski definition) is 2. The van der Waals surface area contributed by atoms with Crippen LogP contribution < -0.4 is 0 Å². The highest BCUT2D eigenvalue weighted by Crippen LogP contribution is 2.37. The van der Waals surface area contributed by atoms with E-state index in [0.29, 0.717) is 0 Å². The van der Waals surface area contributed by atoms with Gasteiger partial charge < -0.3 is 8.85 Å². The minimum atomic E-state index is -3.85. The first kappa shape index (κ1) is 19.0. The van der Waals surface area contributed by atoms with Crippen molar-refractivity contribution >= 4 is 9.28 Å². The molecule has 0 bridgehead atoms. The number of hydrogen-bond donors (Lipinski definition) is 0. The third-order valence-electron chi connectivity index (χ3n) is 2.59. The summed E-state index contributed by atoms with van der Waals surface area (Å²) in [7, 11) is -3.85. The molecule has 0 aliphatic heterocycles. The molecule has 0 aromatic carbocycles. The normalized spacial score (nSPS) is 14.0. The molecule has 0 saturated carbocycles. The Morgan fingerprint density at radius 1 is 0.800 bits per heavy atom. The van der Waals surface area contributed by atoms with Crippen LogP contribution >= 0.6 is 0 Å². The highest BCUT2D eigenvalue weighted by molar-refractivity contribution is 6.48. The Hall–Kier alpha value is -0.953. The van der Waals surface area contributed by atoms with E-state index in [1.165, 1.54) is 27.7 Å². The molecule has 0 aliphatic carbocycles. The zero-order valence-electron chi connectivity index (χ0n) is 12.7. The van der Waals surface area contributed by atoms with Crippen LogP contribution in [0.3, 0.4) is 0 Å². The second-order valence-electron chi connectivity index (χ2n) is 5.97. The Balaban J connectivity index is 5.52. The third kappa shape index (κ3) is 4.86. The van der Waals surface area contributed by atoms with Gasteiger partial charge in [-0.25, -0.2) is 13.2 Å². The summed E-state index contributed by atoms with van der Waals surface area (Å²) in [6.45, 7) is 7.26. The van der Waals surface area contributed by atoms with Crippen molar-refractivity contribution in [2.45, 2.75) is 64.0 Å². The molecule has 0 aromatic heterocycles. The molecular formula is C14H21F3O2Si. The molecule has 0 fully saturated rings. The van der Waals surface area contributed by atoms with E-state index in [1.807, 2.05) is 0 Å². The summed E-state index contributed by atoms with van der Waals surface area (Å²) in [5, 5.41) is 0. The molecule has 2 nitrogen and oxygen atoms in total. The maximum atomic E-state index is 14.2. The molecule has 0 saturated heterocycles. The largest absolute Gasteiger partial charge is 0.404 e. The molecule has 20 heavy (non-hydrogen) atoms. The van der Waals surface area contributed by atoms with Gasteiger partial charge in [-0.2, -0.15) is 0 Å². The zero-order chi connectivity index (χ0) is 16.4. The van der Waals surface area contributed by atoms with E-state index in [0.717, 1.165) is 13.8 Å².